The Morgan fingerprint density at radius 2 is 1.79 bits per heavy atom. The number of aromatic nitrogens is 4. The van der Waals surface area contributed by atoms with E-state index < -0.39 is 31.8 Å². The van der Waals surface area contributed by atoms with Gasteiger partial charge in [0.15, 0.2) is 5.03 Å². The van der Waals surface area contributed by atoms with E-state index in [9.17, 15) is 26.4 Å². The average Bonchev–Trinajstić information content (AvgIpc) is 3.19. The van der Waals surface area contributed by atoms with E-state index in [1.54, 1.807) is 35.3 Å². The number of halogens is 3. The van der Waals surface area contributed by atoms with E-state index in [0.717, 1.165) is 17.8 Å². The second kappa shape index (κ2) is 7.99. The van der Waals surface area contributed by atoms with Gasteiger partial charge in [0.1, 0.15) is 12.7 Å². The third kappa shape index (κ3) is 4.59. The number of benzene rings is 1. The molecule has 1 aromatic carbocycles. The molecule has 0 spiro atoms. The second-order valence-corrected chi connectivity index (χ2v) is 7.75. The molecule has 3 rings (SSSR count). The maximum absolute atomic E-state index is 12.8. The molecule has 0 fully saturated rings. The fraction of sp³-hybridized carbons (Fsp3) is 0.176. The Morgan fingerprint density at radius 3 is 2.41 bits per heavy atom. The van der Waals surface area contributed by atoms with Crippen LogP contribution in [0.1, 0.15) is 21.5 Å². The number of alkyl halides is 3. The van der Waals surface area contributed by atoms with Crippen molar-refractivity contribution in [3.63, 3.8) is 0 Å². The lowest BCUT2D eigenvalue weighted by atomic mass is 10.1. The second-order valence-electron chi connectivity index (χ2n) is 5.90. The summed E-state index contributed by atoms with van der Waals surface area (Å²) in [5.41, 5.74) is -4.63. The zero-order valence-electron chi connectivity index (χ0n) is 14.7. The van der Waals surface area contributed by atoms with Gasteiger partial charge >= 0.3 is 5.51 Å². The van der Waals surface area contributed by atoms with Gasteiger partial charge in [-0.25, -0.2) is 23.1 Å². The summed E-state index contributed by atoms with van der Waals surface area (Å²) in [6.45, 7) is 0.490. The van der Waals surface area contributed by atoms with E-state index in [-0.39, 0.29) is 6.54 Å². The molecule has 12 heteroatoms. The predicted molar refractivity (Wildman–Crippen MR) is 94.2 cm³/mol. The van der Waals surface area contributed by atoms with Crippen LogP contribution in [-0.2, 0) is 22.9 Å². The van der Waals surface area contributed by atoms with Crippen LogP contribution in [0.4, 0.5) is 13.2 Å². The number of carbonyl (C=O) groups excluding carboxylic acids is 1. The maximum Gasteiger partial charge on any atom is 0.503 e. The molecule has 8 nitrogen and oxygen atoms in total. The van der Waals surface area contributed by atoms with Crippen molar-refractivity contribution in [2.75, 3.05) is 0 Å². The van der Waals surface area contributed by atoms with Crippen LogP contribution in [0.25, 0.3) is 0 Å². The van der Waals surface area contributed by atoms with E-state index in [0.29, 0.717) is 12.1 Å². The number of sulfone groups is 1. The number of rotatable bonds is 6. The number of hydrogen-bond donors (Lipinski definition) is 1. The minimum absolute atomic E-state index is 0.0111. The number of pyridine rings is 1. The van der Waals surface area contributed by atoms with Crippen molar-refractivity contribution in [3.05, 3.63) is 71.9 Å². The van der Waals surface area contributed by atoms with Crippen molar-refractivity contribution in [3.8, 4) is 0 Å². The van der Waals surface area contributed by atoms with Crippen LogP contribution < -0.4 is 5.32 Å². The van der Waals surface area contributed by atoms with E-state index in [1.165, 1.54) is 12.4 Å². The Morgan fingerprint density at radius 1 is 1.10 bits per heavy atom. The van der Waals surface area contributed by atoms with Crippen molar-refractivity contribution < 1.29 is 26.4 Å². The van der Waals surface area contributed by atoms with Gasteiger partial charge in [-0.3, -0.25) is 4.79 Å². The van der Waals surface area contributed by atoms with Crippen LogP contribution in [-0.4, -0.2) is 39.6 Å². The Balaban J connectivity index is 1.70. The summed E-state index contributed by atoms with van der Waals surface area (Å²) in [6.07, 6.45) is 3.85. The van der Waals surface area contributed by atoms with Gasteiger partial charge in [-0.2, -0.15) is 18.3 Å². The third-order valence-electron chi connectivity index (χ3n) is 3.86. The van der Waals surface area contributed by atoms with Gasteiger partial charge in [0.2, 0.25) is 0 Å². The summed E-state index contributed by atoms with van der Waals surface area (Å²) in [6, 6.07) is 9.21. The van der Waals surface area contributed by atoms with Gasteiger partial charge in [-0.05, 0) is 23.3 Å². The fourth-order valence-corrected chi connectivity index (χ4v) is 3.30. The molecule has 0 saturated heterocycles. The molecule has 3 aromatic rings. The van der Waals surface area contributed by atoms with Crippen LogP contribution in [0, 0.1) is 0 Å². The molecule has 0 unspecified atom stereocenters. The van der Waals surface area contributed by atoms with Gasteiger partial charge in [0.25, 0.3) is 15.7 Å². The summed E-state index contributed by atoms with van der Waals surface area (Å²) in [7, 11) is -5.75. The zero-order valence-corrected chi connectivity index (χ0v) is 15.5. The lowest BCUT2D eigenvalue weighted by molar-refractivity contribution is -0.0438. The Bertz CT molecular complexity index is 1100. The molecule has 2 aromatic heterocycles. The molecule has 0 bridgehead atoms. The normalized spacial score (nSPS) is 12.0. The highest BCUT2D eigenvalue weighted by Crippen LogP contribution is 2.30. The zero-order chi connectivity index (χ0) is 21.1. The van der Waals surface area contributed by atoms with Crippen LogP contribution in [0.3, 0.4) is 0 Å². The number of hydrogen-bond acceptors (Lipinski definition) is 6. The van der Waals surface area contributed by atoms with E-state index >= 15 is 0 Å². The quantitative estimate of drug-likeness (QED) is 0.647. The van der Waals surface area contributed by atoms with Gasteiger partial charge in [-0.15, -0.1) is 0 Å². The molecule has 2 heterocycles. The van der Waals surface area contributed by atoms with Gasteiger partial charge in [-0.1, -0.05) is 24.3 Å². The molecule has 29 heavy (non-hydrogen) atoms. The van der Waals surface area contributed by atoms with Crippen molar-refractivity contribution in [1.82, 2.24) is 25.1 Å². The standard InChI is InChI=1S/C17H14F3N5O3S/c18-17(19,20)29(27,28)16-14(2-1-7-22-16)15(26)23-8-12-3-5-13(6-4-12)9-25-11-21-10-24-25/h1-7,10-11H,8-9H2,(H,23,26). The van der Waals surface area contributed by atoms with Crippen molar-refractivity contribution in [1.29, 1.82) is 0 Å². The predicted octanol–water partition coefficient (Wildman–Crippen LogP) is 1.94. The lowest BCUT2D eigenvalue weighted by Crippen LogP contribution is -2.30. The lowest BCUT2D eigenvalue weighted by Gasteiger charge is -2.12. The number of amides is 1. The first kappa shape index (κ1) is 20.5. The first-order valence-electron chi connectivity index (χ1n) is 8.13. The van der Waals surface area contributed by atoms with Crippen molar-refractivity contribution in [2.24, 2.45) is 0 Å². The molecule has 152 valence electrons. The van der Waals surface area contributed by atoms with Crippen LogP contribution in [0.2, 0.25) is 0 Å². The van der Waals surface area contributed by atoms with Gasteiger partial charge < -0.3 is 5.32 Å². The van der Waals surface area contributed by atoms with Gasteiger partial charge in [0, 0.05) is 12.7 Å². The molecular formula is C17H14F3N5O3S. The smallest absolute Gasteiger partial charge is 0.348 e. The number of nitrogens with zero attached hydrogens (tertiary/aromatic N) is 4. The van der Waals surface area contributed by atoms with Crippen molar-refractivity contribution in [2.45, 2.75) is 23.6 Å². The molecule has 0 atom stereocenters. The van der Waals surface area contributed by atoms with Crippen LogP contribution in [0.15, 0.2) is 60.3 Å². The van der Waals surface area contributed by atoms with E-state index in [4.69, 9.17) is 0 Å². The highest BCUT2D eigenvalue weighted by Gasteiger charge is 2.49. The molecule has 0 radical (unpaired) electrons. The monoisotopic (exact) mass is 425 g/mol. The summed E-state index contributed by atoms with van der Waals surface area (Å²) in [5, 5.41) is 5.07. The van der Waals surface area contributed by atoms with Crippen LogP contribution in [0.5, 0.6) is 0 Å². The molecule has 0 aliphatic carbocycles. The Hall–Kier alpha value is -3.28. The van der Waals surface area contributed by atoms with E-state index in [1.807, 2.05) is 0 Å². The van der Waals surface area contributed by atoms with Crippen LogP contribution >= 0.6 is 0 Å². The molecule has 1 amide bonds. The fourth-order valence-electron chi connectivity index (χ4n) is 2.43. The van der Waals surface area contributed by atoms with Gasteiger partial charge in [0.05, 0.1) is 12.1 Å². The van der Waals surface area contributed by atoms with Crippen molar-refractivity contribution >= 4 is 15.7 Å². The Labute approximate surface area is 163 Å². The summed E-state index contributed by atoms with van der Waals surface area (Å²) in [4.78, 5) is 19.4. The highest BCUT2D eigenvalue weighted by atomic mass is 32.2. The Kier molecular flexibility index (Phi) is 5.64. The molecule has 1 N–H and O–H groups in total. The molecular weight excluding hydrogens is 411 g/mol. The molecule has 0 saturated carbocycles. The first-order chi connectivity index (χ1) is 13.7. The number of carbonyl (C=O) groups is 1. The molecule has 0 aliphatic rings. The molecule has 0 aliphatic heterocycles. The SMILES string of the molecule is O=C(NCc1ccc(Cn2cncn2)cc1)c1cccnc1S(=O)(=O)C(F)(F)F. The maximum atomic E-state index is 12.8. The third-order valence-corrected chi connectivity index (χ3v) is 5.31. The number of nitrogens with one attached hydrogen (secondary N) is 1. The summed E-state index contributed by atoms with van der Waals surface area (Å²) < 4.78 is 63.4. The minimum atomic E-state index is -5.75. The summed E-state index contributed by atoms with van der Waals surface area (Å²) >= 11 is 0. The average molecular weight is 425 g/mol. The minimum Gasteiger partial charge on any atom is -0.348 e. The largest absolute Gasteiger partial charge is 0.503 e. The summed E-state index contributed by atoms with van der Waals surface area (Å²) in [5.74, 6) is -0.979. The van der Waals surface area contributed by atoms with E-state index in [2.05, 4.69) is 20.4 Å². The highest BCUT2D eigenvalue weighted by molar-refractivity contribution is 7.92. The first-order valence-corrected chi connectivity index (χ1v) is 9.61. The topological polar surface area (TPSA) is 107 Å².